The van der Waals surface area contributed by atoms with E-state index >= 15 is 0 Å². The van der Waals surface area contributed by atoms with E-state index in [2.05, 4.69) is 5.16 Å². The van der Waals surface area contributed by atoms with Crippen LogP contribution in [0.4, 0.5) is 0 Å². The summed E-state index contributed by atoms with van der Waals surface area (Å²) in [6, 6.07) is 9.54. The number of aromatic nitrogens is 2. The van der Waals surface area contributed by atoms with Crippen LogP contribution in [0.3, 0.4) is 0 Å². The maximum absolute atomic E-state index is 12.5. The lowest BCUT2D eigenvalue weighted by Crippen LogP contribution is -2.33. The maximum Gasteiger partial charge on any atom is 0.292 e. The highest BCUT2D eigenvalue weighted by Crippen LogP contribution is 2.25. The van der Waals surface area contributed by atoms with Crippen molar-refractivity contribution in [2.24, 2.45) is 12.2 Å². The van der Waals surface area contributed by atoms with Gasteiger partial charge in [0.25, 0.3) is 5.82 Å². The molecule has 0 spiro atoms. The third kappa shape index (κ3) is 1.69. The van der Waals surface area contributed by atoms with Crippen molar-refractivity contribution in [1.82, 2.24) is 4.57 Å². The summed E-state index contributed by atoms with van der Waals surface area (Å²) in [7, 11) is 1.84. The van der Waals surface area contributed by atoms with E-state index in [-0.39, 0.29) is 0 Å². The Morgan fingerprint density at radius 1 is 1.26 bits per heavy atom. The molecule has 1 aromatic carbocycles. The van der Waals surface area contributed by atoms with Crippen LogP contribution in [0.25, 0.3) is 11.4 Å². The van der Waals surface area contributed by atoms with Gasteiger partial charge in [0.1, 0.15) is 5.71 Å². The second-order valence-electron chi connectivity index (χ2n) is 4.74. The molecule has 3 rings (SSSR count). The molecule has 5 heteroatoms. The van der Waals surface area contributed by atoms with Gasteiger partial charge in [0, 0.05) is 6.42 Å². The van der Waals surface area contributed by atoms with Gasteiger partial charge in [-0.25, -0.2) is 9.30 Å². The summed E-state index contributed by atoms with van der Waals surface area (Å²) < 4.78 is 2.79. The number of fused-ring (bicyclic) bond motifs is 1. The predicted octanol–water partition coefficient (Wildman–Crippen LogP) is 1.84. The molecule has 1 aliphatic rings. The Balaban J connectivity index is 2.26. The molecule has 5 nitrogen and oxygen atoms in total. The number of hydrogen-bond donors (Lipinski definition) is 1. The summed E-state index contributed by atoms with van der Waals surface area (Å²) in [4.78, 5) is 0. The number of oxime groups is 1. The number of rotatable bonds is 1. The van der Waals surface area contributed by atoms with Crippen LogP contribution in [0.2, 0.25) is 0 Å². The van der Waals surface area contributed by atoms with Crippen LogP contribution < -0.4 is 4.73 Å². The molecule has 0 unspecified atom stereocenters. The summed E-state index contributed by atoms with van der Waals surface area (Å²) >= 11 is 0. The molecule has 0 aliphatic heterocycles. The van der Waals surface area contributed by atoms with E-state index in [9.17, 15) is 5.21 Å². The Bertz CT molecular complexity index is 644. The first-order valence-electron chi connectivity index (χ1n) is 6.32. The lowest BCUT2D eigenvalue weighted by atomic mass is 9.99. The quantitative estimate of drug-likeness (QED) is 0.366. The molecule has 0 bridgehead atoms. The Labute approximate surface area is 111 Å². The monoisotopic (exact) mass is 257 g/mol. The second-order valence-corrected chi connectivity index (χ2v) is 4.74. The number of benzene rings is 1. The van der Waals surface area contributed by atoms with Gasteiger partial charge in [0.2, 0.25) is 0 Å². The van der Waals surface area contributed by atoms with E-state index in [1.54, 1.807) is 0 Å². The molecule has 0 fully saturated rings. The van der Waals surface area contributed by atoms with Crippen molar-refractivity contribution in [2.75, 3.05) is 0 Å². The Morgan fingerprint density at radius 2 is 2.00 bits per heavy atom. The highest BCUT2D eigenvalue weighted by Gasteiger charge is 2.32. The summed E-state index contributed by atoms with van der Waals surface area (Å²) in [5.41, 5.74) is 2.91. The molecule has 0 amide bonds. The zero-order valence-electron chi connectivity index (χ0n) is 10.7. The third-order valence-electron chi connectivity index (χ3n) is 3.62. The van der Waals surface area contributed by atoms with E-state index in [0.717, 1.165) is 28.8 Å². The molecule has 1 aromatic heterocycles. The van der Waals surface area contributed by atoms with Gasteiger partial charge >= 0.3 is 0 Å². The first-order valence-corrected chi connectivity index (χ1v) is 6.32. The Kier molecular flexibility index (Phi) is 2.74. The van der Waals surface area contributed by atoms with Crippen LogP contribution in [0.5, 0.6) is 0 Å². The molecular formula is C14H15N3O2. The first-order chi connectivity index (χ1) is 9.24. The zero-order valence-corrected chi connectivity index (χ0v) is 10.7. The lowest BCUT2D eigenvalue weighted by Gasteiger charge is -2.11. The fraction of sp³-hybridized carbons (Fsp3) is 0.286. The minimum Gasteiger partial charge on any atom is -0.710 e. The molecule has 0 saturated heterocycles. The van der Waals surface area contributed by atoms with E-state index in [0.29, 0.717) is 23.7 Å². The molecule has 0 saturated carbocycles. The molecule has 0 radical (unpaired) electrons. The van der Waals surface area contributed by atoms with Gasteiger partial charge in [-0.1, -0.05) is 23.4 Å². The molecule has 0 atom stereocenters. The fourth-order valence-electron chi connectivity index (χ4n) is 2.78. The fourth-order valence-corrected chi connectivity index (χ4v) is 2.78. The highest BCUT2D eigenvalue weighted by molar-refractivity contribution is 6.00. The average molecular weight is 257 g/mol. The van der Waals surface area contributed by atoms with Gasteiger partial charge in [0.05, 0.1) is 12.6 Å². The summed E-state index contributed by atoms with van der Waals surface area (Å²) in [6.07, 6.45) is 2.26. The predicted molar refractivity (Wildman–Crippen MR) is 71.1 cm³/mol. The summed E-state index contributed by atoms with van der Waals surface area (Å²) in [5.74, 6) is 0.591. The van der Waals surface area contributed by atoms with Crippen LogP contribution in [-0.2, 0) is 13.5 Å². The van der Waals surface area contributed by atoms with Crippen LogP contribution in [-0.4, -0.2) is 15.5 Å². The van der Waals surface area contributed by atoms with Gasteiger partial charge in [0.15, 0.2) is 11.4 Å². The maximum atomic E-state index is 12.5. The van der Waals surface area contributed by atoms with Crippen molar-refractivity contribution >= 4 is 5.71 Å². The van der Waals surface area contributed by atoms with E-state index in [1.165, 1.54) is 0 Å². The normalized spacial score (nSPS) is 16.6. The van der Waals surface area contributed by atoms with E-state index in [4.69, 9.17) is 5.21 Å². The van der Waals surface area contributed by atoms with Gasteiger partial charge < -0.3 is 10.4 Å². The second kappa shape index (κ2) is 4.42. The van der Waals surface area contributed by atoms with Crippen molar-refractivity contribution in [2.45, 2.75) is 19.3 Å². The Morgan fingerprint density at radius 3 is 2.68 bits per heavy atom. The molecule has 1 aliphatic carbocycles. The van der Waals surface area contributed by atoms with Crippen molar-refractivity contribution in [3.63, 3.8) is 0 Å². The highest BCUT2D eigenvalue weighted by atomic mass is 16.5. The van der Waals surface area contributed by atoms with Crippen LogP contribution in [0.1, 0.15) is 24.2 Å². The minimum atomic E-state index is 0.591. The zero-order chi connectivity index (χ0) is 13.4. The van der Waals surface area contributed by atoms with Gasteiger partial charge in [-0.3, -0.25) is 0 Å². The SMILES string of the molecule is Cn1c2c([n+]([O-])c1-c1ccccc1)CCC/C2=N\O. The molecule has 2 aromatic rings. The molecule has 19 heavy (non-hydrogen) atoms. The van der Waals surface area contributed by atoms with E-state index in [1.807, 2.05) is 41.9 Å². The van der Waals surface area contributed by atoms with Gasteiger partial charge in [-0.05, 0) is 25.0 Å². The molecule has 1 heterocycles. The lowest BCUT2D eigenvalue weighted by molar-refractivity contribution is -0.601. The largest absolute Gasteiger partial charge is 0.710 e. The van der Waals surface area contributed by atoms with Gasteiger partial charge in [-0.2, -0.15) is 0 Å². The molecule has 1 N–H and O–H groups in total. The van der Waals surface area contributed by atoms with E-state index < -0.39 is 0 Å². The summed E-state index contributed by atoms with van der Waals surface area (Å²) in [5, 5.41) is 24.9. The van der Waals surface area contributed by atoms with Crippen LogP contribution in [0, 0.1) is 5.21 Å². The van der Waals surface area contributed by atoms with Crippen LogP contribution >= 0.6 is 0 Å². The minimum absolute atomic E-state index is 0.591. The van der Waals surface area contributed by atoms with Crippen molar-refractivity contribution in [1.29, 1.82) is 0 Å². The van der Waals surface area contributed by atoms with Crippen molar-refractivity contribution < 1.29 is 9.94 Å². The first kappa shape index (κ1) is 11.8. The van der Waals surface area contributed by atoms with Gasteiger partial charge in [-0.15, -0.1) is 0 Å². The average Bonchev–Trinajstić information content (AvgIpc) is 2.72. The standard InChI is InChI=1S/C14H15N3O2/c1-16-13-11(15-18)8-5-9-12(13)17(19)14(16)10-6-3-2-4-7-10/h2-4,6-7,18H,5,8-9H2,1H3/b15-11+. The van der Waals surface area contributed by atoms with Crippen molar-refractivity contribution in [3.8, 4) is 11.4 Å². The number of imidazole rings is 1. The molecule has 98 valence electrons. The Hall–Kier alpha value is -2.30. The third-order valence-corrected chi connectivity index (χ3v) is 3.62. The topological polar surface area (TPSA) is 64.5 Å². The number of hydrogen-bond acceptors (Lipinski definition) is 3. The molecular weight excluding hydrogens is 242 g/mol. The van der Waals surface area contributed by atoms with Crippen molar-refractivity contribution in [3.05, 3.63) is 46.9 Å². The summed E-state index contributed by atoms with van der Waals surface area (Å²) in [6.45, 7) is 0. The number of nitrogens with zero attached hydrogens (tertiary/aromatic N) is 3. The smallest absolute Gasteiger partial charge is 0.292 e. The van der Waals surface area contributed by atoms with Crippen LogP contribution in [0.15, 0.2) is 35.5 Å².